The van der Waals surface area contributed by atoms with Crippen LogP contribution in [0.2, 0.25) is 0 Å². The average molecular weight is 168 g/mol. The van der Waals surface area contributed by atoms with E-state index in [4.69, 9.17) is 5.73 Å². The molecule has 0 amide bonds. The predicted octanol–water partition coefficient (Wildman–Crippen LogP) is 1.21. The van der Waals surface area contributed by atoms with Crippen molar-refractivity contribution in [1.29, 1.82) is 0 Å². The Balaban J connectivity index is 1.76. The van der Waals surface area contributed by atoms with E-state index in [2.05, 4.69) is 11.8 Å². The highest BCUT2D eigenvalue weighted by atomic mass is 15.2. The van der Waals surface area contributed by atoms with E-state index < -0.39 is 0 Å². The quantitative estimate of drug-likeness (QED) is 0.683. The lowest BCUT2D eigenvalue weighted by molar-refractivity contribution is 0.0318. The van der Waals surface area contributed by atoms with Gasteiger partial charge in [-0.3, -0.25) is 4.90 Å². The molecule has 2 rings (SSSR count). The van der Waals surface area contributed by atoms with E-state index in [1.807, 2.05) is 0 Å². The van der Waals surface area contributed by atoms with Crippen molar-refractivity contribution in [3.8, 4) is 0 Å². The van der Waals surface area contributed by atoms with Crippen LogP contribution in [-0.4, -0.2) is 30.6 Å². The van der Waals surface area contributed by atoms with Gasteiger partial charge in [-0.15, -0.1) is 0 Å². The zero-order valence-electron chi connectivity index (χ0n) is 8.05. The molecule has 1 atom stereocenters. The van der Waals surface area contributed by atoms with Gasteiger partial charge in [0.05, 0.1) is 0 Å². The van der Waals surface area contributed by atoms with Gasteiger partial charge >= 0.3 is 0 Å². The number of rotatable bonds is 4. The Morgan fingerprint density at radius 2 is 2.08 bits per heavy atom. The molecule has 1 spiro atoms. The Morgan fingerprint density at radius 3 is 2.50 bits per heavy atom. The fraction of sp³-hybridized carbons (Fsp3) is 1.00. The molecule has 0 aromatic heterocycles. The van der Waals surface area contributed by atoms with Gasteiger partial charge in [-0.1, -0.05) is 6.92 Å². The Kier molecular flexibility index (Phi) is 2.13. The van der Waals surface area contributed by atoms with Crippen LogP contribution in [0.25, 0.3) is 0 Å². The summed E-state index contributed by atoms with van der Waals surface area (Å²) >= 11 is 0. The molecule has 2 aliphatic rings. The molecular weight excluding hydrogens is 148 g/mol. The number of likely N-dealkylation sites (tertiary alicyclic amines) is 1. The molecule has 0 radical (unpaired) electrons. The smallest absolute Gasteiger partial charge is 0.0105 e. The maximum Gasteiger partial charge on any atom is 0.0105 e. The van der Waals surface area contributed by atoms with E-state index in [-0.39, 0.29) is 0 Å². The van der Waals surface area contributed by atoms with E-state index in [1.165, 1.54) is 38.8 Å². The minimum absolute atomic E-state index is 0.779. The topological polar surface area (TPSA) is 29.3 Å². The zero-order chi connectivity index (χ0) is 8.60. The molecule has 1 aliphatic carbocycles. The Hall–Kier alpha value is -0.0800. The standard InChI is InChI=1S/C10H20N2/c1-2-9(3-6-11)12-7-10(8-12)4-5-10/h9H,2-8,11H2,1H3. The van der Waals surface area contributed by atoms with Gasteiger partial charge in [-0.25, -0.2) is 0 Å². The van der Waals surface area contributed by atoms with Crippen molar-refractivity contribution in [1.82, 2.24) is 4.90 Å². The fourth-order valence-electron chi connectivity index (χ4n) is 2.40. The highest BCUT2D eigenvalue weighted by Crippen LogP contribution is 2.53. The van der Waals surface area contributed by atoms with E-state index in [0.29, 0.717) is 0 Å². The van der Waals surface area contributed by atoms with Crippen molar-refractivity contribution in [2.24, 2.45) is 11.1 Å². The largest absolute Gasteiger partial charge is 0.330 e. The van der Waals surface area contributed by atoms with Crippen LogP contribution < -0.4 is 5.73 Å². The van der Waals surface area contributed by atoms with Crippen LogP contribution in [-0.2, 0) is 0 Å². The second-order valence-corrected chi connectivity index (χ2v) is 4.54. The molecule has 2 heteroatoms. The third-order valence-electron chi connectivity index (χ3n) is 3.52. The van der Waals surface area contributed by atoms with Crippen LogP contribution in [0.3, 0.4) is 0 Å². The molecule has 2 nitrogen and oxygen atoms in total. The molecule has 1 unspecified atom stereocenters. The molecule has 2 fully saturated rings. The first-order valence-electron chi connectivity index (χ1n) is 5.24. The van der Waals surface area contributed by atoms with Crippen molar-refractivity contribution < 1.29 is 0 Å². The van der Waals surface area contributed by atoms with Gasteiger partial charge in [0.25, 0.3) is 0 Å². The molecular formula is C10H20N2. The summed E-state index contributed by atoms with van der Waals surface area (Å²) in [5.41, 5.74) is 6.39. The van der Waals surface area contributed by atoms with Crippen LogP contribution in [0, 0.1) is 5.41 Å². The van der Waals surface area contributed by atoms with E-state index >= 15 is 0 Å². The number of nitrogens with zero attached hydrogens (tertiary/aromatic N) is 1. The summed E-state index contributed by atoms with van der Waals surface area (Å²) in [6, 6.07) is 0.779. The number of hydrogen-bond donors (Lipinski definition) is 1. The SMILES string of the molecule is CCC(CCN)N1CC2(CC2)C1. The van der Waals surface area contributed by atoms with Gasteiger partial charge in [0.1, 0.15) is 0 Å². The van der Waals surface area contributed by atoms with Gasteiger partial charge in [-0.2, -0.15) is 0 Å². The zero-order valence-corrected chi connectivity index (χ0v) is 8.05. The first-order valence-corrected chi connectivity index (χ1v) is 5.24. The summed E-state index contributed by atoms with van der Waals surface area (Å²) in [5, 5.41) is 0. The third kappa shape index (κ3) is 1.38. The summed E-state index contributed by atoms with van der Waals surface area (Å²) in [6.45, 7) is 5.86. The van der Waals surface area contributed by atoms with Crippen molar-refractivity contribution in [3.63, 3.8) is 0 Å². The van der Waals surface area contributed by atoms with Crippen LogP contribution >= 0.6 is 0 Å². The second kappa shape index (κ2) is 3.00. The van der Waals surface area contributed by atoms with Gasteiger partial charge in [-0.05, 0) is 37.6 Å². The van der Waals surface area contributed by atoms with Crippen molar-refractivity contribution in [2.45, 2.75) is 38.6 Å². The fourth-order valence-corrected chi connectivity index (χ4v) is 2.40. The summed E-state index contributed by atoms with van der Waals surface area (Å²) in [6.07, 6.45) is 5.44. The molecule has 0 bridgehead atoms. The van der Waals surface area contributed by atoms with Crippen LogP contribution in [0.15, 0.2) is 0 Å². The monoisotopic (exact) mass is 168 g/mol. The maximum absolute atomic E-state index is 5.58. The second-order valence-electron chi connectivity index (χ2n) is 4.54. The van der Waals surface area contributed by atoms with Gasteiger partial charge in [0.2, 0.25) is 0 Å². The molecule has 12 heavy (non-hydrogen) atoms. The Labute approximate surface area is 75.1 Å². The molecule has 70 valence electrons. The lowest BCUT2D eigenvalue weighted by atomic mass is 9.92. The van der Waals surface area contributed by atoms with Gasteiger partial charge in [0, 0.05) is 19.1 Å². The van der Waals surface area contributed by atoms with E-state index in [0.717, 1.165) is 18.0 Å². The van der Waals surface area contributed by atoms with Crippen LogP contribution in [0.4, 0.5) is 0 Å². The third-order valence-corrected chi connectivity index (χ3v) is 3.52. The summed E-state index contributed by atoms with van der Waals surface area (Å²) in [7, 11) is 0. The van der Waals surface area contributed by atoms with Crippen LogP contribution in [0.5, 0.6) is 0 Å². The molecule has 1 heterocycles. The molecule has 1 saturated heterocycles. The van der Waals surface area contributed by atoms with Crippen molar-refractivity contribution >= 4 is 0 Å². The lowest BCUT2D eigenvalue weighted by Crippen LogP contribution is -2.53. The first-order chi connectivity index (χ1) is 5.79. The minimum Gasteiger partial charge on any atom is -0.330 e. The van der Waals surface area contributed by atoms with Crippen molar-refractivity contribution in [2.75, 3.05) is 19.6 Å². The van der Waals surface area contributed by atoms with Gasteiger partial charge < -0.3 is 5.73 Å². The van der Waals surface area contributed by atoms with E-state index in [9.17, 15) is 0 Å². The molecule has 1 aliphatic heterocycles. The summed E-state index contributed by atoms with van der Waals surface area (Å²) < 4.78 is 0. The Morgan fingerprint density at radius 1 is 1.42 bits per heavy atom. The lowest BCUT2D eigenvalue weighted by Gasteiger charge is -2.45. The average Bonchev–Trinajstić information content (AvgIpc) is 2.77. The van der Waals surface area contributed by atoms with Gasteiger partial charge in [0.15, 0.2) is 0 Å². The highest BCUT2D eigenvalue weighted by molar-refractivity contribution is 5.06. The molecule has 2 N–H and O–H groups in total. The number of hydrogen-bond acceptors (Lipinski definition) is 2. The summed E-state index contributed by atoms with van der Waals surface area (Å²) in [4.78, 5) is 2.62. The molecule has 0 aromatic carbocycles. The van der Waals surface area contributed by atoms with Crippen molar-refractivity contribution in [3.05, 3.63) is 0 Å². The maximum atomic E-state index is 5.58. The summed E-state index contributed by atoms with van der Waals surface area (Å²) in [5.74, 6) is 0. The Bertz CT molecular complexity index is 155. The first kappa shape index (κ1) is 8.52. The minimum atomic E-state index is 0.779. The number of nitrogens with two attached hydrogens (primary N) is 1. The predicted molar refractivity (Wildman–Crippen MR) is 51.0 cm³/mol. The normalized spacial score (nSPS) is 28.5. The van der Waals surface area contributed by atoms with Crippen LogP contribution in [0.1, 0.15) is 32.6 Å². The highest BCUT2D eigenvalue weighted by Gasteiger charge is 2.53. The van der Waals surface area contributed by atoms with E-state index in [1.54, 1.807) is 0 Å². The molecule has 0 aromatic rings. The molecule has 1 saturated carbocycles.